The molecule has 0 N–H and O–H groups in total. The number of carbonyl (C=O) groups excluding carboxylic acids is 1. The highest BCUT2D eigenvalue weighted by molar-refractivity contribution is 9.10. The highest BCUT2D eigenvalue weighted by atomic mass is 79.9. The molecular formula is C9H7BrCl2O2. The monoisotopic (exact) mass is 296 g/mol. The van der Waals surface area contributed by atoms with Gasteiger partial charge >= 0.3 is 5.97 Å². The highest BCUT2D eigenvalue weighted by Crippen LogP contribution is 2.30. The van der Waals surface area contributed by atoms with Crippen molar-refractivity contribution < 1.29 is 9.53 Å². The molecule has 0 unspecified atom stereocenters. The topological polar surface area (TPSA) is 26.3 Å². The quantitative estimate of drug-likeness (QED) is 0.615. The van der Waals surface area contributed by atoms with Crippen molar-refractivity contribution in [3.8, 4) is 0 Å². The zero-order valence-corrected chi connectivity index (χ0v) is 10.4. The zero-order chi connectivity index (χ0) is 10.7. The van der Waals surface area contributed by atoms with E-state index in [-0.39, 0.29) is 0 Å². The van der Waals surface area contributed by atoms with Gasteiger partial charge in [0.15, 0.2) is 0 Å². The fourth-order valence-electron chi connectivity index (χ4n) is 0.988. The summed E-state index contributed by atoms with van der Waals surface area (Å²) in [5.74, 6) is -0.171. The van der Waals surface area contributed by atoms with Gasteiger partial charge in [-0.2, -0.15) is 0 Å². The van der Waals surface area contributed by atoms with E-state index in [1.807, 2.05) is 0 Å². The van der Waals surface area contributed by atoms with Crippen molar-refractivity contribution in [2.75, 3.05) is 7.11 Å². The number of hydrogen-bond donors (Lipinski definition) is 0. The first-order valence-corrected chi connectivity index (χ1v) is 5.43. The number of esters is 1. The predicted molar refractivity (Wildman–Crippen MR) is 60.0 cm³/mol. The summed E-state index contributed by atoms with van der Waals surface area (Å²) in [6.45, 7) is 0. The van der Waals surface area contributed by atoms with Crippen LogP contribution >= 0.6 is 39.1 Å². The van der Waals surface area contributed by atoms with E-state index in [4.69, 9.17) is 23.2 Å². The number of carbonyl (C=O) groups is 1. The largest absolute Gasteiger partial charge is 0.465 e. The van der Waals surface area contributed by atoms with Crippen LogP contribution in [-0.2, 0) is 10.6 Å². The summed E-state index contributed by atoms with van der Waals surface area (Å²) in [5, 5.41) is 0.345. The Kier molecular flexibility index (Phi) is 4.23. The van der Waals surface area contributed by atoms with Crippen LogP contribution in [-0.4, -0.2) is 13.1 Å². The summed E-state index contributed by atoms with van der Waals surface area (Å²) in [6.07, 6.45) is 0. The molecule has 1 aromatic carbocycles. The number of rotatable bonds is 2. The zero-order valence-electron chi connectivity index (χ0n) is 7.31. The molecule has 1 aromatic rings. The molecule has 2 nitrogen and oxygen atoms in total. The van der Waals surface area contributed by atoms with Crippen LogP contribution in [0.15, 0.2) is 16.6 Å². The minimum Gasteiger partial charge on any atom is -0.465 e. The van der Waals surface area contributed by atoms with Gasteiger partial charge < -0.3 is 4.74 Å². The van der Waals surface area contributed by atoms with Crippen molar-refractivity contribution in [1.82, 2.24) is 0 Å². The lowest BCUT2D eigenvalue weighted by molar-refractivity contribution is 0.0600. The highest BCUT2D eigenvalue weighted by Gasteiger charge is 2.17. The van der Waals surface area contributed by atoms with E-state index >= 15 is 0 Å². The summed E-state index contributed by atoms with van der Waals surface area (Å²) in [7, 11) is 1.30. The summed E-state index contributed by atoms with van der Waals surface area (Å²) >= 11 is 14.8. The maximum absolute atomic E-state index is 11.3. The van der Waals surface area contributed by atoms with E-state index in [9.17, 15) is 4.79 Å². The molecule has 0 aromatic heterocycles. The number of halogens is 3. The van der Waals surface area contributed by atoms with Gasteiger partial charge in [0, 0.05) is 10.4 Å². The Bertz CT molecular complexity index is 366. The standard InChI is InChI=1S/C9H7BrCl2O2/c1-14-9(13)7-6(12)3-2-5(4-11)8(7)10/h2-3H,4H2,1H3. The molecule has 0 bridgehead atoms. The van der Waals surface area contributed by atoms with E-state index in [2.05, 4.69) is 20.7 Å². The van der Waals surface area contributed by atoms with Gasteiger partial charge in [0.2, 0.25) is 0 Å². The fourth-order valence-corrected chi connectivity index (χ4v) is 2.37. The molecule has 1 rings (SSSR count). The van der Waals surface area contributed by atoms with Crippen LogP contribution in [0.4, 0.5) is 0 Å². The van der Waals surface area contributed by atoms with E-state index < -0.39 is 5.97 Å². The van der Waals surface area contributed by atoms with Crippen LogP contribution in [0.1, 0.15) is 15.9 Å². The van der Waals surface area contributed by atoms with Crippen LogP contribution in [0.2, 0.25) is 5.02 Å². The average molecular weight is 298 g/mol. The first-order chi connectivity index (χ1) is 6.61. The van der Waals surface area contributed by atoms with Gasteiger partial charge in [0.25, 0.3) is 0 Å². The van der Waals surface area contributed by atoms with E-state index in [1.165, 1.54) is 7.11 Å². The molecule has 0 aliphatic rings. The third-order valence-corrected chi connectivity index (χ3v) is 3.21. The summed E-state index contributed by atoms with van der Waals surface area (Å²) < 4.78 is 5.19. The SMILES string of the molecule is COC(=O)c1c(Cl)ccc(CCl)c1Br. The fraction of sp³-hybridized carbons (Fsp3) is 0.222. The van der Waals surface area contributed by atoms with Crippen LogP contribution in [0.25, 0.3) is 0 Å². The Morgan fingerprint density at radius 3 is 2.71 bits per heavy atom. The lowest BCUT2D eigenvalue weighted by Crippen LogP contribution is -2.04. The molecule has 0 radical (unpaired) electrons. The van der Waals surface area contributed by atoms with Gasteiger partial charge in [0.1, 0.15) is 0 Å². The third kappa shape index (κ3) is 2.22. The van der Waals surface area contributed by atoms with Gasteiger partial charge in [-0.3, -0.25) is 0 Å². The third-order valence-electron chi connectivity index (χ3n) is 1.70. The minimum absolute atomic E-state index is 0.307. The molecule has 0 amide bonds. The number of ether oxygens (including phenoxy) is 1. The molecule has 0 aliphatic heterocycles. The maximum Gasteiger partial charge on any atom is 0.340 e. The number of hydrogen-bond acceptors (Lipinski definition) is 2. The van der Waals surface area contributed by atoms with Crippen molar-refractivity contribution in [2.45, 2.75) is 5.88 Å². The number of methoxy groups -OCH3 is 1. The maximum atomic E-state index is 11.3. The van der Waals surface area contributed by atoms with Crippen LogP contribution < -0.4 is 0 Å². The molecule has 0 aliphatic carbocycles. The van der Waals surface area contributed by atoms with Gasteiger partial charge in [-0.25, -0.2) is 4.79 Å². The van der Waals surface area contributed by atoms with Crippen LogP contribution in [0, 0.1) is 0 Å². The van der Waals surface area contributed by atoms with Crippen LogP contribution in [0.3, 0.4) is 0 Å². The molecule has 0 spiro atoms. The van der Waals surface area contributed by atoms with Crippen molar-refractivity contribution in [2.24, 2.45) is 0 Å². The Hall–Kier alpha value is -0.250. The average Bonchev–Trinajstić information content (AvgIpc) is 2.18. The number of benzene rings is 1. The van der Waals surface area contributed by atoms with Gasteiger partial charge in [-0.05, 0) is 27.6 Å². The van der Waals surface area contributed by atoms with Crippen molar-refractivity contribution in [1.29, 1.82) is 0 Å². The first-order valence-electron chi connectivity index (χ1n) is 3.73. The summed E-state index contributed by atoms with van der Waals surface area (Å²) in [6, 6.07) is 3.38. The predicted octanol–water partition coefficient (Wildman–Crippen LogP) is 3.63. The Labute approximate surface area is 100 Å². The molecular weight excluding hydrogens is 291 g/mol. The minimum atomic E-state index is -0.478. The lowest BCUT2D eigenvalue weighted by atomic mass is 10.1. The van der Waals surface area contributed by atoms with Crippen molar-refractivity contribution in [3.05, 3.63) is 32.8 Å². The molecule has 5 heteroatoms. The smallest absolute Gasteiger partial charge is 0.340 e. The van der Waals surface area contributed by atoms with Crippen molar-refractivity contribution >= 4 is 45.1 Å². The molecule has 14 heavy (non-hydrogen) atoms. The summed E-state index contributed by atoms with van der Waals surface area (Å²) in [5.41, 5.74) is 1.11. The van der Waals surface area contributed by atoms with Gasteiger partial charge in [0.05, 0.1) is 17.7 Å². The lowest BCUT2D eigenvalue weighted by Gasteiger charge is -2.07. The second kappa shape index (κ2) is 5.01. The molecule has 0 saturated heterocycles. The summed E-state index contributed by atoms with van der Waals surface area (Å²) in [4.78, 5) is 11.3. The second-order valence-electron chi connectivity index (χ2n) is 2.52. The second-order valence-corrected chi connectivity index (χ2v) is 3.99. The molecule has 0 atom stereocenters. The molecule has 76 valence electrons. The molecule has 0 fully saturated rings. The Balaban J connectivity index is 3.32. The van der Waals surface area contributed by atoms with E-state index in [0.717, 1.165) is 5.56 Å². The normalized spacial score (nSPS) is 10.0. The Morgan fingerprint density at radius 1 is 1.57 bits per heavy atom. The van der Waals surface area contributed by atoms with Gasteiger partial charge in [-0.1, -0.05) is 17.7 Å². The first kappa shape index (κ1) is 11.8. The van der Waals surface area contributed by atoms with Crippen LogP contribution in [0.5, 0.6) is 0 Å². The van der Waals surface area contributed by atoms with E-state index in [0.29, 0.717) is 20.9 Å². The number of alkyl halides is 1. The Morgan fingerprint density at radius 2 is 2.21 bits per heavy atom. The molecule has 0 saturated carbocycles. The molecule has 0 heterocycles. The van der Waals surface area contributed by atoms with E-state index in [1.54, 1.807) is 12.1 Å². The van der Waals surface area contributed by atoms with Crippen molar-refractivity contribution in [3.63, 3.8) is 0 Å². The van der Waals surface area contributed by atoms with Gasteiger partial charge in [-0.15, -0.1) is 11.6 Å².